The lowest BCUT2D eigenvalue weighted by Gasteiger charge is -2.22. The van der Waals surface area contributed by atoms with Crippen molar-refractivity contribution in [3.8, 4) is 0 Å². The molecule has 0 radical (unpaired) electrons. The first-order chi connectivity index (χ1) is 8.18. The van der Waals surface area contributed by atoms with Gasteiger partial charge in [-0.1, -0.05) is 18.2 Å². The number of carbonyl (C=O) groups excluding carboxylic acids is 2. The lowest BCUT2D eigenvalue weighted by Crippen LogP contribution is -2.47. The number of amides is 1. The standard InChI is InChI=1S/C12H13N3O2/c1-9(16)12-13-8-7-11(17)15(14-12)10-5-3-2-4-6-10/h2-6H,7-8H2,1H3,(H,13,14). The van der Waals surface area contributed by atoms with E-state index in [0.29, 0.717) is 18.7 Å². The van der Waals surface area contributed by atoms with Crippen LogP contribution >= 0.6 is 0 Å². The maximum Gasteiger partial charge on any atom is 0.247 e. The number of ketones is 1. The number of benzene rings is 1. The monoisotopic (exact) mass is 231 g/mol. The lowest BCUT2D eigenvalue weighted by molar-refractivity contribution is -0.118. The minimum absolute atomic E-state index is 0.101. The normalized spacial score (nSPS) is 15.9. The largest absolute Gasteiger partial charge is 0.291 e. The van der Waals surface area contributed by atoms with Crippen LogP contribution in [0.15, 0.2) is 35.3 Å². The Labute approximate surface area is 99.1 Å². The number of Topliss-reactive ketones (excluding diaryl/α,β-unsaturated/α-hetero) is 1. The smallest absolute Gasteiger partial charge is 0.247 e. The van der Waals surface area contributed by atoms with Crippen molar-refractivity contribution in [2.45, 2.75) is 13.3 Å². The maximum atomic E-state index is 11.9. The number of hydrogen-bond donors (Lipinski definition) is 1. The Morgan fingerprint density at radius 2 is 2.06 bits per heavy atom. The third-order valence-electron chi connectivity index (χ3n) is 2.41. The summed E-state index contributed by atoms with van der Waals surface area (Å²) in [6.07, 6.45) is 0.290. The molecule has 0 saturated carbocycles. The molecule has 0 fully saturated rings. The fourth-order valence-electron chi connectivity index (χ4n) is 1.55. The second-order valence-corrected chi connectivity index (χ2v) is 3.71. The van der Waals surface area contributed by atoms with Gasteiger partial charge in [0.05, 0.1) is 12.2 Å². The van der Waals surface area contributed by atoms with E-state index in [0.717, 1.165) is 0 Å². The van der Waals surface area contributed by atoms with Gasteiger partial charge in [0.25, 0.3) is 0 Å². The first-order valence-corrected chi connectivity index (χ1v) is 5.38. The number of hydrazine groups is 1. The van der Waals surface area contributed by atoms with E-state index >= 15 is 0 Å². The van der Waals surface area contributed by atoms with Crippen LogP contribution < -0.4 is 10.4 Å². The molecule has 0 atom stereocenters. The first-order valence-electron chi connectivity index (χ1n) is 5.38. The number of anilines is 1. The Hall–Kier alpha value is -2.17. The van der Waals surface area contributed by atoms with Crippen LogP contribution in [-0.2, 0) is 9.59 Å². The number of para-hydroxylation sites is 1. The molecule has 0 bridgehead atoms. The van der Waals surface area contributed by atoms with Gasteiger partial charge in [-0.2, -0.15) is 0 Å². The van der Waals surface area contributed by atoms with Crippen LogP contribution in [0, 0.1) is 0 Å². The fourth-order valence-corrected chi connectivity index (χ4v) is 1.55. The van der Waals surface area contributed by atoms with E-state index in [4.69, 9.17) is 0 Å². The molecule has 2 rings (SSSR count). The van der Waals surface area contributed by atoms with Gasteiger partial charge in [0, 0.05) is 13.3 Å². The predicted molar refractivity (Wildman–Crippen MR) is 64.7 cm³/mol. The molecule has 0 saturated heterocycles. The number of aliphatic imine (C=N–C) groups is 1. The number of rotatable bonds is 2. The van der Waals surface area contributed by atoms with Crippen LogP contribution in [0.5, 0.6) is 0 Å². The summed E-state index contributed by atoms with van der Waals surface area (Å²) in [5.74, 6) is -0.0588. The average molecular weight is 231 g/mol. The van der Waals surface area contributed by atoms with E-state index < -0.39 is 0 Å². The minimum atomic E-state index is -0.180. The Kier molecular flexibility index (Phi) is 3.18. The molecule has 1 aromatic rings. The molecule has 1 aliphatic heterocycles. The molecular weight excluding hydrogens is 218 g/mol. The van der Waals surface area contributed by atoms with Gasteiger partial charge in [0.15, 0.2) is 11.6 Å². The second-order valence-electron chi connectivity index (χ2n) is 3.71. The summed E-state index contributed by atoms with van der Waals surface area (Å²) >= 11 is 0. The van der Waals surface area contributed by atoms with Crippen molar-refractivity contribution in [1.82, 2.24) is 5.43 Å². The highest BCUT2D eigenvalue weighted by molar-refractivity contribution is 6.38. The SMILES string of the molecule is CC(=O)C1=NCCC(=O)N(c2ccccc2)N1. The Balaban J connectivity index is 2.29. The number of carbonyl (C=O) groups is 2. The van der Waals surface area contributed by atoms with Gasteiger partial charge >= 0.3 is 0 Å². The lowest BCUT2D eigenvalue weighted by atomic mass is 10.3. The third-order valence-corrected chi connectivity index (χ3v) is 2.41. The molecule has 0 spiro atoms. The summed E-state index contributed by atoms with van der Waals surface area (Å²) in [5, 5.41) is 1.37. The first kappa shape index (κ1) is 11.3. The molecule has 1 aliphatic rings. The molecule has 1 amide bonds. The molecule has 17 heavy (non-hydrogen) atoms. The highest BCUT2D eigenvalue weighted by Crippen LogP contribution is 2.13. The van der Waals surface area contributed by atoms with Crippen molar-refractivity contribution in [1.29, 1.82) is 0 Å². The summed E-state index contributed by atoms with van der Waals surface area (Å²) in [5.41, 5.74) is 3.47. The Bertz CT molecular complexity index is 468. The molecule has 0 unspecified atom stereocenters. The van der Waals surface area contributed by atoms with Crippen molar-refractivity contribution in [2.75, 3.05) is 11.6 Å². The zero-order valence-electron chi connectivity index (χ0n) is 9.51. The summed E-state index contributed by atoms with van der Waals surface area (Å²) in [4.78, 5) is 27.2. The van der Waals surface area contributed by atoms with Gasteiger partial charge in [-0.25, -0.2) is 5.01 Å². The number of nitrogens with one attached hydrogen (secondary N) is 1. The van der Waals surface area contributed by atoms with Crippen LogP contribution in [0.2, 0.25) is 0 Å². The molecular formula is C12H13N3O2. The molecule has 5 heteroatoms. The topological polar surface area (TPSA) is 61.8 Å². The van der Waals surface area contributed by atoms with Crippen molar-refractivity contribution in [3.63, 3.8) is 0 Å². The van der Waals surface area contributed by atoms with Crippen molar-refractivity contribution in [3.05, 3.63) is 30.3 Å². The van der Waals surface area contributed by atoms with E-state index in [1.165, 1.54) is 11.9 Å². The van der Waals surface area contributed by atoms with Crippen LogP contribution in [0.4, 0.5) is 5.69 Å². The van der Waals surface area contributed by atoms with E-state index in [9.17, 15) is 9.59 Å². The quantitative estimate of drug-likeness (QED) is 0.823. The minimum Gasteiger partial charge on any atom is -0.291 e. The summed E-state index contributed by atoms with van der Waals surface area (Å²) in [6.45, 7) is 1.76. The van der Waals surface area contributed by atoms with E-state index in [1.807, 2.05) is 18.2 Å². The Morgan fingerprint density at radius 3 is 2.71 bits per heavy atom. The number of hydrogen-bond acceptors (Lipinski definition) is 4. The van der Waals surface area contributed by atoms with E-state index in [2.05, 4.69) is 10.4 Å². The van der Waals surface area contributed by atoms with Gasteiger partial charge in [0.2, 0.25) is 5.91 Å². The molecule has 1 N–H and O–H groups in total. The number of nitrogens with zero attached hydrogens (tertiary/aromatic N) is 2. The number of amidine groups is 1. The van der Waals surface area contributed by atoms with Crippen LogP contribution in [0.3, 0.4) is 0 Å². The van der Waals surface area contributed by atoms with Crippen molar-refractivity contribution < 1.29 is 9.59 Å². The van der Waals surface area contributed by atoms with Gasteiger partial charge in [-0.3, -0.25) is 20.0 Å². The van der Waals surface area contributed by atoms with Gasteiger partial charge in [0.1, 0.15) is 0 Å². The molecule has 0 aliphatic carbocycles. The third kappa shape index (κ3) is 2.50. The highest BCUT2D eigenvalue weighted by atomic mass is 16.2. The van der Waals surface area contributed by atoms with Gasteiger partial charge in [-0.15, -0.1) is 0 Å². The predicted octanol–water partition coefficient (Wildman–Crippen LogP) is 0.915. The van der Waals surface area contributed by atoms with Crippen molar-refractivity contribution >= 4 is 23.2 Å². The molecule has 0 aromatic heterocycles. The molecule has 88 valence electrons. The molecule has 1 heterocycles. The summed E-state index contributed by atoms with van der Waals surface area (Å²) < 4.78 is 0. The Morgan fingerprint density at radius 1 is 1.35 bits per heavy atom. The average Bonchev–Trinajstić information content (AvgIpc) is 2.52. The van der Waals surface area contributed by atoms with Crippen LogP contribution in [0.25, 0.3) is 0 Å². The van der Waals surface area contributed by atoms with Crippen LogP contribution in [-0.4, -0.2) is 24.1 Å². The summed E-state index contributed by atoms with van der Waals surface area (Å²) in [7, 11) is 0. The van der Waals surface area contributed by atoms with Crippen molar-refractivity contribution in [2.24, 2.45) is 4.99 Å². The van der Waals surface area contributed by atoms with Gasteiger partial charge in [-0.05, 0) is 12.1 Å². The second kappa shape index (κ2) is 4.78. The fraction of sp³-hybridized carbons (Fsp3) is 0.250. The van der Waals surface area contributed by atoms with Gasteiger partial charge < -0.3 is 0 Å². The summed E-state index contributed by atoms with van der Waals surface area (Å²) in [6, 6.07) is 9.13. The van der Waals surface area contributed by atoms with Crippen LogP contribution in [0.1, 0.15) is 13.3 Å². The van der Waals surface area contributed by atoms with E-state index in [-0.39, 0.29) is 17.5 Å². The zero-order chi connectivity index (χ0) is 12.3. The maximum absolute atomic E-state index is 11.9. The zero-order valence-corrected chi connectivity index (χ0v) is 9.51. The van der Waals surface area contributed by atoms with E-state index in [1.54, 1.807) is 12.1 Å². The highest BCUT2D eigenvalue weighted by Gasteiger charge is 2.21. The molecule has 1 aromatic carbocycles. The molecule has 5 nitrogen and oxygen atoms in total.